The van der Waals surface area contributed by atoms with Gasteiger partial charge >= 0.3 is 0 Å². The van der Waals surface area contributed by atoms with Crippen molar-refractivity contribution in [3.05, 3.63) is 75.5 Å². The van der Waals surface area contributed by atoms with Crippen molar-refractivity contribution in [2.75, 3.05) is 22.9 Å². The quantitative estimate of drug-likeness (QED) is 0.408. The molecule has 0 radical (unpaired) electrons. The summed E-state index contributed by atoms with van der Waals surface area (Å²) >= 11 is 0. The van der Waals surface area contributed by atoms with Crippen LogP contribution >= 0.6 is 0 Å². The molecule has 2 bridgehead atoms. The Hall–Kier alpha value is -2.94. The molecule has 2 aromatic rings. The van der Waals surface area contributed by atoms with Crippen LogP contribution in [0.3, 0.4) is 0 Å². The zero-order chi connectivity index (χ0) is 24.3. The molecule has 0 amide bonds. The molecule has 35 heavy (non-hydrogen) atoms. The van der Waals surface area contributed by atoms with E-state index >= 15 is 0 Å². The molecule has 7 rings (SSSR count). The molecule has 5 aliphatic rings. The van der Waals surface area contributed by atoms with Crippen molar-refractivity contribution in [3.8, 4) is 5.75 Å². The first-order chi connectivity index (χ1) is 16.7. The van der Waals surface area contributed by atoms with Gasteiger partial charge in [-0.25, -0.2) is 0 Å². The molecule has 0 saturated heterocycles. The fourth-order valence-corrected chi connectivity index (χ4v) is 7.77. The molecule has 1 unspecified atom stereocenters. The third kappa shape index (κ3) is 2.73. The van der Waals surface area contributed by atoms with Crippen molar-refractivity contribution < 1.29 is 4.74 Å². The Morgan fingerprint density at radius 2 is 1.83 bits per heavy atom. The van der Waals surface area contributed by atoms with Crippen LogP contribution in [0.4, 0.5) is 11.4 Å². The first kappa shape index (κ1) is 21.4. The lowest BCUT2D eigenvalue weighted by Crippen LogP contribution is -2.48. The number of hydrogen-bond donors (Lipinski definition) is 0. The van der Waals surface area contributed by atoms with Crippen molar-refractivity contribution in [2.45, 2.75) is 77.9 Å². The number of nitrogens with zero attached hydrogens (tertiary/aromatic N) is 2. The lowest BCUT2D eigenvalue weighted by Gasteiger charge is -2.47. The van der Waals surface area contributed by atoms with Crippen molar-refractivity contribution >= 4 is 23.0 Å². The Kier molecular flexibility index (Phi) is 4.17. The van der Waals surface area contributed by atoms with E-state index in [0.29, 0.717) is 0 Å². The summed E-state index contributed by atoms with van der Waals surface area (Å²) in [5, 5.41) is 0. The van der Waals surface area contributed by atoms with E-state index in [1.165, 1.54) is 62.5 Å². The van der Waals surface area contributed by atoms with Crippen molar-refractivity contribution in [1.29, 1.82) is 0 Å². The minimum Gasteiger partial charge on any atom is -0.485 e. The summed E-state index contributed by atoms with van der Waals surface area (Å²) in [4.78, 5) is 5.16. The lowest BCUT2D eigenvalue weighted by molar-refractivity contribution is 0.225. The molecule has 180 valence electrons. The van der Waals surface area contributed by atoms with E-state index in [9.17, 15) is 0 Å². The van der Waals surface area contributed by atoms with Gasteiger partial charge < -0.3 is 14.5 Å². The van der Waals surface area contributed by atoms with Gasteiger partial charge in [0.05, 0.1) is 11.2 Å². The van der Waals surface area contributed by atoms with Crippen molar-refractivity contribution in [2.24, 2.45) is 0 Å². The molecule has 5 heterocycles. The van der Waals surface area contributed by atoms with Gasteiger partial charge in [0.15, 0.2) is 0 Å². The van der Waals surface area contributed by atoms with Gasteiger partial charge in [0.1, 0.15) is 11.9 Å². The minimum atomic E-state index is -0.0639. The number of benzene rings is 2. The zero-order valence-corrected chi connectivity index (χ0v) is 22.0. The van der Waals surface area contributed by atoms with E-state index in [0.717, 1.165) is 31.7 Å². The Morgan fingerprint density at radius 1 is 1.03 bits per heavy atom. The summed E-state index contributed by atoms with van der Waals surface area (Å²) < 4.78 is 7.06. The maximum absolute atomic E-state index is 7.06. The second-order valence-electron chi connectivity index (χ2n) is 12.2. The molecule has 3 heteroatoms. The second kappa shape index (κ2) is 6.84. The smallest absolute Gasteiger partial charge is 0.132 e. The summed E-state index contributed by atoms with van der Waals surface area (Å²) in [6, 6.07) is 11.4. The van der Waals surface area contributed by atoms with Crippen LogP contribution in [0.2, 0.25) is 0 Å². The van der Waals surface area contributed by atoms with E-state index in [2.05, 4.69) is 93.8 Å². The molecule has 0 fully saturated rings. The Labute approximate surface area is 209 Å². The number of allylic oxidation sites excluding steroid dienone is 2. The van der Waals surface area contributed by atoms with E-state index in [-0.39, 0.29) is 17.1 Å². The topological polar surface area (TPSA) is 15.7 Å². The number of rotatable bonds is 0. The highest BCUT2D eigenvalue weighted by atomic mass is 16.5. The number of ether oxygens (including phenoxy) is 1. The third-order valence-electron chi connectivity index (χ3n) is 9.23. The Balaban J connectivity index is 1.45. The summed E-state index contributed by atoms with van der Waals surface area (Å²) in [7, 11) is 0. The normalized spacial score (nSPS) is 24.8. The third-order valence-corrected chi connectivity index (χ3v) is 9.23. The van der Waals surface area contributed by atoms with Gasteiger partial charge in [0.2, 0.25) is 0 Å². The van der Waals surface area contributed by atoms with Crippen LogP contribution < -0.4 is 14.5 Å². The van der Waals surface area contributed by atoms with Crippen molar-refractivity contribution in [1.82, 2.24) is 0 Å². The largest absolute Gasteiger partial charge is 0.485 e. The molecule has 3 nitrogen and oxygen atoms in total. The Bertz CT molecular complexity index is 1390. The van der Waals surface area contributed by atoms with Crippen LogP contribution in [-0.4, -0.2) is 24.7 Å². The molecule has 0 saturated carbocycles. The first-order valence-corrected chi connectivity index (χ1v) is 13.3. The molecule has 1 atom stereocenters. The maximum Gasteiger partial charge on any atom is 0.132 e. The molecule has 0 aliphatic carbocycles. The minimum absolute atomic E-state index is 0.0422. The van der Waals surface area contributed by atoms with Gasteiger partial charge in [-0.3, -0.25) is 0 Å². The molecular weight excluding hydrogens is 428 g/mol. The highest BCUT2D eigenvalue weighted by Crippen LogP contribution is 2.55. The fraction of sp³-hybridized carbons (Fsp3) is 0.438. The standard InChI is InChI=1S/C32H36N2O/c1-19-18-31(3,4)34-14-9-10-22-29(34)23(19)16-21-17-24-27(35-30(21)22)13-15-33-20(2)28(24)32(5,6)25-11-7-8-12-26(25)33/h7-8,11-12,16-18,27H,9-10,13-15H2,1-6H3. The monoisotopic (exact) mass is 464 g/mol. The van der Waals surface area contributed by atoms with Crippen molar-refractivity contribution in [3.63, 3.8) is 0 Å². The average molecular weight is 465 g/mol. The van der Waals surface area contributed by atoms with Crippen LogP contribution in [0, 0.1) is 0 Å². The maximum atomic E-state index is 7.06. The summed E-state index contributed by atoms with van der Waals surface area (Å²) in [5.41, 5.74) is 13.9. The van der Waals surface area contributed by atoms with Gasteiger partial charge in [0.25, 0.3) is 0 Å². The lowest BCUT2D eigenvalue weighted by atomic mass is 9.69. The van der Waals surface area contributed by atoms with Gasteiger partial charge in [-0.15, -0.1) is 0 Å². The summed E-state index contributed by atoms with van der Waals surface area (Å²) in [6.07, 6.45) is 8.33. The number of para-hydroxylation sites is 1. The van der Waals surface area contributed by atoms with E-state index in [1.54, 1.807) is 0 Å². The predicted molar refractivity (Wildman–Crippen MR) is 146 cm³/mol. The number of anilines is 2. The van der Waals surface area contributed by atoms with Crippen LogP contribution in [-0.2, 0) is 11.8 Å². The fourth-order valence-electron chi connectivity index (χ4n) is 7.77. The van der Waals surface area contributed by atoms with Gasteiger partial charge in [-0.05, 0) is 81.0 Å². The SMILES string of the molecule is CC1=CC(C)(C)N2CCCc3c4c(cc1c32)C=C1C2=C(C)N(CCC1O4)c1ccccc1C2(C)C. The average Bonchev–Trinajstić information content (AvgIpc) is 2.94. The van der Waals surface area contributed by atoms with Gasteiger partial charge in [0, 0.05) is 53.0 Å². The summed E-state index contributed by atoms with van der Waals surface area (Å²) in [6.45, 7) is 16.2. The van der Waals surface area contributed by atoms with Crippen LogP contribution in [0.15, 0.2) is 53.3 Å². The molecule has 0 spiro atoms. The van der Waals surface area contributed by atoms with E-state index < -0.39 is 0 Å². The molecule has 0 N–H and O–H groups in total. The van der Waals surface area contributed by atoms with Crippen LogP contribution in [0.1, 0.15) is 76.6 Å². The van der Waals surface area contributed by atoms with Gasteiger partial charge in [-0.2, -0.15) is 0 Å². The molecule has 0 aromatic heterocycles. The zero-order valence-electron chi connectivity index (χ0n) is 22.0. The highest BCUT2D eigenvalue weighted by Gasteiger charge is 2.45. The van der Waals surface area contributed by atoms with Gasteiger partial charge in [-0.1, -0.05) is 38.1 Å². The van der Waals surface area contributed by atoms with E-state index in [1.807, 2.05) is 0 Å². The number of hydrogen-bond acceptors (Lipinski definition) is 3. The highest BCUT2D eigenvalue weighted by molar-refractivity contribution is 5.89. The van der Waals surface area contributed by atoms with E-state index in [4.69, 9.17) is 4.74 Å². The molecular formula is C32H36N2O. The van der Waals surface area contributed by atoms with Crippen LogP contribution in [0.25, 0.3) is 11.6 Å². The molecule has 2 aromatic carbocycles. The number of fused-ring (bicyclic) bond motifs is 7. The summed E-state index contributed by atoms with van der Waals surface area (Å²) in [5.74, 6) is 1.15. The molecule has 5 aliphatic heterocycles. The Morgan fingerprint density at radius 3 is 2.66 bits per heavy atom. The predicted octanol–water partition coefficient (Wildman–Crippen LogP) is 7.25. The first-order valence-electron chi connectivity index (χ1n) is 13.3. The second-order valence-corrected chi connectivity index (χ2v) is 12.2. The van der Waals surface area contributed by atoms with Crippen LogP contribution in [0.5, 0.6) is 5.75 Å².